The number of aryl methyl sites for hydroxylation is 1. The maximum Gasteiger partial charge on any atom is 0.224 e. The van der Waals surface area contributed by atoms with Crippen molar-refractivity contribution in [1.82, 2.24) is 5.32 Å². The summed E-state index contributed by atoms with van der Waals surface area (Å²) in [7, 11) is 0. The molecule has 24 heavy (non-hydrogen) atoms. The molecule has 1 amide bonds. The summed E-state index contributed by atoms with van der Waals surface area (Å²) in [6, 6.07) is 16.7. The van der Waals surface area contributed by atoms with Crippen LogP contribution in [0, 0.1) is 5.92 Å². The summed E-state index contributed by atoms with van der Waals surface area (Å²) >= 11 is 0. The monoisotopic (exact) mass is 322 g/mol. The molecule has 2 aromatic carbocycles. The van der Waals surface area contributed by atoms with Crippen molar-refractivity contribution in [3.63, 3.8) is 0 Å². The van der Waals surface area contributed by atoms with E-state index in [1.54, 1.807) is 0 Å². The van der Waals surface area contributed by atoms with Crippen molar-refractivity contribution in [2.24, 2.45) is 5.92 Å². The molecule has 0 radical (unpaired) electrons. The minimum atomic E-state index is 0.128. The van der Waals surface area contributed by atoms with Gasteiger partial charge in [-0.2, -0.15) is 0 Å². The molecular formula is C21H26N2O. The quantitative estimate of drug-likeness (QED) is 0.846. The van der Waals surface area contributed by atoms with Crippen LogP contribution < -0.4 is 10.6 Å². The summed E-state index contributed by atoms with van der Waals surface area (Å²) < 4.78 is 0. The van der Waals surface area contributed by atoms with Gasteiger partial charge in [0.25, 0.3) is 0 Å². The fourth-order valence-corrected chi connectivity index (χ4v) is 3.47. The molecule has 1 unspecified atom stereocenters. The maximum absolute atomic E-state index is 12.5. The lowest BCUT2D eigenvalue weighted by atomic mass is 9.82. The van der Waals surface area contributed by atoms with Gasteiger partial charge in [0.05, 0.1) is 0 Å². The molecule has 126 valence electrons. The first kappa shape index (κ1) is 16.7. The highest BCUT2D eigenvalue weighted by Gasteiger charge is 2.21. The second-order valence-electron chi connectivity index (χ2n) is 6.57. The van der Waals surface area contributed by atoms with Crippen molar-refractivity contribution in [2.75, 3.05) is 11.9 Å². The molecule has 2 N–H and O–H groups in total. The highest BCUT2D eigenvalue weighted by Crippen LogP contribution is 2.28. The van der Waals surface area contributed by atoms with Gasteiger partial charge < -0.3 is 10.6 Å². The second kappa shape index (κ2) is 8.11. The summed E-state index contributed by atoms with van der Waals surface area (Å²) in [5.41, 5.74) is 4.93. The van der Waals surface area contributed by atoms with Crippen LogP contribution in [0.15, 0.2) is 48.5 Å². The Labute approximate surface area is 144 Å². The minimum Gasteiger partial charge on any atom is -0.326 e. The Morgan fingerprint density at radius 3 is 2.67 bits per heavy atom. The molecule has 3 nitrogen and oxygen atoms in total. The Bertz CT molecular complexity index is 696. The lowest BCUT2D eigenvalue weighted by Gasteiger charge is -2.24. The number of hydrogen-bond acceptors (Lipinski definition) is 2. The molecule has 0 aliphatic heterocycles. The zero-order valence-electron chi connectivity index (χ0n) is 14.3. The molecule has 0 saturated heterocycles. The van der Waals surface area contributed by atoms with E-state index in [0.29, 0.717) is 12.3 Å². The molecule has 1 aliphatic carbocycles. The third-order valence-electron chi connectivity index (χ3n) is 4.78. The van der Waals surface area contributed by atoms with E-state index in [-0.39, 0.29) is 5.91 Å². The molecule has 0 aromatic heterocycles. The Balaban J connectivity index is 1.59. The lowest BCUT2D eigenvalue weighted by Crippen LogP contribution is -2.22. The van der Waals surface area contributed by atoms with E-state index in [4.69, 9.17) is 0 Å². The van der Waals surface area contributed by atoms with Crippen LogP contribution in [0.3, 0.4) is 0 Å². The average molecular weight is 322 g/mol. The Morgan fingerprint density at radius 2 is 1.83 bits per heavy atom. The highest BCUT2D eigenvalue weighted by molar-refractivity contribution is 5.91. The number of anilines is 1. The van der Waals surface area contributed by atoms with Gasteiger partial charge in [-0.05, 0) is 54.5 Å². The number of hydrogen-bond donors (Lipinski definition) is 2. The van der Waals surface area contributed by atoms with Gasteiger partial charge in [-0.1, -0.05) is 49.4 Å². The van der Waals surface area contributed by atoms with E-state index in [1.807, 2.05) is 18.2 Å². The lowest BCUT2D eigenvalue weighted by molar-refractivity contribution is -0.117. The number of fused-ring (bicyclic) bond motifs is 1. The van der Waals surface area contributed by atoms with Crippen LogP contribution in [-0.2, 0) is 24.2 Å². The Kier molecular flexibility index (Phi) is 5.65. The smallest absolute Gasteiger partial charge is 0.224 e. The van der Waals surface area contributed by atoms with E-state index in [0.717, 1.165) is 43.6 Å². The summed E-state index contributed by atoms with van der Waals surface area (Å²) in [6.07, 6.45) is 3.81. The van der Waals surface area contributed by atoms with Crippen LogP contribution in [0.4, 0.5) is 5.69 Å². The zero-order valence-corrected chi connectivity index (χ0v) is 14.3. The molecule has 1 aliphatic rings. The number of amides is 1. The fraction of sp³-hybridized carbons (Fsp3) is 0.381. The van der Waals surface area contributed by atoms with Gasteiger partial charge in [0, 0.05) is 18.7 Å². The average Bonchev–Trinajstić information content (AvgIpc) is 2.61. The highest BCUT2D eigenvalue weighted by atomic mass is 16.1. The third-order valence-corrected chi connectivity index (χ3v) is 4.78. The van der Waals surface area contributed by atoms with Gasteiger partial charge in [0.1, 0.15) is 0 Å². The molecule has 1 atom stereocenters. The molecular weight excluding hydrogens is 296 g/mol. The van der Waals surface area contributed by atoms with E-state index < -0.39 is 0 Å². The van der Waals surface area contributed by atoms with E-state index >= 15 is 0 Å². The van der Waals surface area contributed by atoms with Gasteiger partial charge in [-0.3, -0.25) is 4.79 Å². The van der Waals surface area contributed by atoms with Crippen molar-refractivity contribution in [3.8, 4) is 0 Å². The van der Waals surface area contributed by atoms with Crippen LogP contribution in [0.5, 0.6) is 0 Å². The topological polar surface area (TPSA) is 41.1 Å². The van der Waals surface area contributed by atoms with Crippen molar-refractivity contribution >= 4 is 11.6 Å². The molecule has 0 saturated carbocycles. The van der Waals surface area contributed by atoms with Crippen LogP contribution in [0.1, 0.15) is 36.5 Å². The Morgan fingerprint density at radius 1 is 1.08 bits per heavy atom. The summed E-state index contributed by atoms with van der Waals surface area (Å²) in [4.78, 5) is 12.5. The SMILES string of the molecule is CCNCc1ccccc1NC(=O)CC1CCc2ccccc2C1. The Hall–Kier alpha value is -2.13. The molecule has 0 heterocycles. The molecule has 3 heteroatoms. The normalized spacial score (nSPS) is 16.5. The van der Waals surface area contributed by atoms with Crippen LogP contribution in [0.25, 0.3) is 0 Å². The first-order valence-corrected chi connectivity index (χ1v) is 8.91. The molecule has 0 bridgehead atoms. The number of para-hydroxylation sites is 1. The summed E-state index contributed by atoms with van der Waals surface area (Å²) in [5.74, 6) is 0.573. The largest absolute Gasteiger partial charge is 0.326 e. The second-order valence-corrected chi connectivity index (χ2v) is 6.57. The molecule has 2 aromatic rings. The first-order chi connectivity index (χ1) is 11.8. The predicted octanol–water partition coefficient (Wildman–Crippen LogP) is 3.93. The van der Waals surface area contributed by atoms with Crippen molar-refractivity contribution < 1.29 is 4.79 Å². The third kappa shape index (κ3) is 4.24. The van der Waals surface area contributed by atoms with Crippen LogP contribution in [0.2, 0.25) is 0 Å². The van der Waals surface area contributed by atoms with Crippen molar-refractivity contribution in [3.05, 3.63) is 65.2 Å². The number of carbonyl (C=O) groups excluding carboxylic acids is 1. The van der Waals surface area contributed by atoms with Crippen molar-refractivity contribution in [1.29, 1.82) is 0 Å². The first-order valence-electron chi connectivity index (χ1n) is 8.91. The maximum atomic E-state index is 12.5. The van der Waals surface area contributed by atoms with E-state index in [1.165, 1.54) is 11.1 Å². The minimum absolute atomic E-state index is 0.128. The molecule has 0 fully saturated rings. The number of rotatable bonds is 6. The van der Waals surface area contributed by atoms with E-state index in [9.17, 15) is 4.79 Å². The van der Waals surface area contributed by atoms with Crippen LogP contribution >= 0.6 is 0 Å². The summed E-state index contributed by atoms with van der Waals surface area (Å²) in [5, 5.41) is 6.43. The fourth-order valence-electron chi connectivity index (χ4n) is 3.47. The summed E-state index contributed by atoms with van der Waals surface area (Å²) in [6.45, 7) is 3.79. The van der Waals surface area contributed by atoms with Gasteiger partial charge in [0.2, 0.25) is 5.91 Å². The van der Waals surface area contributed by atoms with Crippen LogP contribution in [-0.4, -0.2) is 12.5 Å². The molecule has 3 rings (SSSR count). The number of nitrogens with one attached hydrogen (secondary N) is 2. The van der Waals surface area contributed by atoms with Gasteiger partial charge in [-0.25, -0.2) is 0 Å². The van der Waals surface area contributed by atoms with Gasteiger partial charge in [0.15, 0.2) is 0 Å². The molecule has 0 spiro atoms. The number of benzene rings is 2. The zero-order chi connectivity index (χ0) is 16.8. The van der Waals surface area contributed by atoms with E-state index in [2.05, 4.69) is 47.9 Å². The standard InChI is InChI=1S/C21H26N2O/c1-2-22-15-19-9-5-6-10-20(19)23-21(24)14-16-11-12-17-7-3-4-8-18(17)13-16/h3-10,16,22H,2,11-15H2,1H3,(H,23,24). The van der Waals surface area contributed by atoms with Gasteiger partial charge in [-0.15, -0.1) is 0 Å². The predicted molar refractivity (Wildman–Crippen MR) is 99.0 cm³/mol. The van der Waals surface area contributed by atoms with Crippen molar-refractivity contribution in [2.45, 2.75) is 39.2 Å². The van der Waals surface area contributed by atoms with Gasteiger partial charge >= 0.3 is 0 Å². The number of carbonyl (C=O) groups is 1.